The predicted molar refractivity (Wildman–Crippen MR) is 65.4 cm³/mol. The van der Waals surface area contributed by atoms with Crippen LogP contribution in [0.15, 0.2) is 36.4 Å². The van der Waals surface area contributed by atoms with Crippen LogP contribution in [-0.2, 0) is 11.2 Å². The molecule has 1 aromatic carbocycles. The Hall–Kier alpha value is -1.57. The van der Waals surface area contributed by atoms with Crippen molar-refractivity contribution in [1.82, 2.24) is 0 Å². The summed E-state index contributed by atoms with van der Waals surface area (Å²) in [5.41, 5.74) is 2.34. The number of hydrogen-bond acceptors (Lipinski definition) is 1. The average molecular weight is 218 g/mol. The second kappa shape index (κ2) is 4.97. The van der Waals surface area contributed by atoms with Gasteiger partial charge in [-0.1, -0.05) is 49.8 Å². The highest BCUT2D eigenvalue weighted by Gasteiger charge is 2.15. The molecule has 1 aromatic rings. The van der Waals surface area contributed by atoms with Crippen LogP contribution in [0.3, 0.4) is 0 Å². The maximum absolute atomic E-state index is 10.5. The largest absolute Gasteiger partial charge is 0.478 e. The zero-order chi connectivity index (χ0) is 12.2. The summed E-state index contributed by atoms with van der Waals surface area (Å²) in [6, 6.07) is 8.30. The molecule has 0 aliphatic rings. The molecule has 0 saturated carbocycles. The molecule has 0 bridgehead atoms. The molecule has 2 heteroatoms. The fourth-order valence-electron chi connectivity index (χ4n) is 1.70. The van der Waals surface area contributed by atoms with E-state index < -0.39 is 5.97 Å². The highest BCUT2D eigenvalue weighted by Crippen LogP contribution is 2.23. The highest BCUT2D eigenvalue weighted by atomic mass is 16.4. The summed E-state index contributed by atoms with van der Waals surface area (Å²) in [4.78, 5) is 10.5. The Bertz CT molecular complexity index is 403. The summed E-state index contributed by atoms with van der Waals surface area (Å²) in [6.07, 6.45) is 3.81. The summed E-state index contributed by atoms with van der Waals surface area (Å²) < 4.78 is 0. The fourth-order valence-corrected chi connectivity index (χ4v) is 1.70. The van der Waals surface area contributed by atoms with Crippen molar-refractivity contribution in [3.8, 4) is 0 Å². The Morgan fingerprint density at radius 3 is 2.69 bits per heavy atom. The van der Waals surface area contributed by atoms with Crippen molar-refractivity contribution >= 4 is 5.97 Å². The quantitative estimate of drug-likeness (QED) is 0.788. The maximum Gasteiger partial charge on any atom is 0.327 e. The van der Waals surface area contributed by atoms with Gasteiger partial charge in [0, 0.05) is 6.08 Å². The molecule has 0 aliphatic carbocycles. The second-order valence-electron chi connectivity index (χ2n) is 4.83. The predicted octanol–water partition coefficient (Wildman–Crippen LogP) is 3.20. The number of aliphatic carboxylic acids is 1. The molecule has 0 aromatic heterocycles. The first-order valence-electron chi connectivity index (χ1n) is 5.37. The van der Waals surface area contributed by atoms with Crippen LogP contribution in [0.4, 0.5) is 0 Å². The zero-order valence-corrected chi connectivity index (χ0v) is 10.0. The highest BCUT2D eigenvalue weighted by molar-refractivity contribution is 5.79. The molecule has 2 nitrogen and oxygen atoms in total. The third kappa shape index (κ3) is 4.30. The molecule has 0 spiro atoms. The van der Waals surface area contributed by atoms with Gasteiger partial charge in [-0.3, -0.25) is 0 Å². The number of aryl methyl sites for hydroxylation is 1. The molecule has 0 atom stereocenters. The molecule has 0 saturated heterocycles. The molecule has 16 heavy (non-hydrogen) atoms. The molecule has 1 N–H and O–H groups in total. The fraction of sp³-hybridized carbons (Fsp3) is 0.357. The van der Waals surface area contributed by atoms with Crippen molar-refractivity contribution in [2.24, 2.45) is 5.41 Å². The van der Waals surface area contributed by atoms with Crippen molar-refractivity contribution in [2.75, 3.05) is 0 Å². The van der Waals surface area contributed by atoms with Gasteiger partial charge in [-0.15, -0.1) is 0 Å². The number of allylic oxidation sites excluding steroid dienone is 1. The van der Waals surface area contributed by atoms with Gasteiger partial charge in [0.05, 0.1) is 0 Å². The average Bonchev–Trinajstić information content (AvgIpc) is 2.14. The van der Waals surface area contributed by atoms with Crippen LogP contribution >= 0.6 is 0 Å². The Balaban J connectivity index is 2.76. The van der Waals surface area contributed by atoms with Crippen LogP contribution in [0.1, 0.15) is 25.0 Å². The summed E-state index contributed by atoms with van der Waals surface area (Å²) in [6.45, 7) is 6.13. The van der Waals surface area contributed by atoms with Crippen molar-refractivity contribution in [3.05, 3.63) is 47.5 Å². The molecule has 0 heterocycles. The van der Waals surface area contributed by atoms with Gasteiger partial charge in [0.1, 0.15) is 0 Å². The van der Waals surface area contributed by atoms with Gasteiger partial charge in [0.15, 0.2) is 0 Å². The van der Waals surface area contributed by atoms with E-state index in [2.05, 4.69) is 25.1 Å². The lowest BCUT2D eigenvalue weighted by Crippen LogP contribution is -2.12. The van der Waals surface area contributed by atoms with Crippen LogP contribution in [-0.4, -0.2) is 11.1 Å². The third-order valence-electron chi connectivity index (χ3n) is 2.42. The standard InChI is InChI=1S/C14H18O2/c1-11-5-4-6-12(9-11)10-14(2,3)8-7-13(15)16/h4-9H,10H2,1-3H3,(H,15,16)/b8-7+. The van der Waals surface area contributed by atoms with Crippen LogP contribution in [0.5, 0.6) is 0 Å². The first kappa shape index (κ1) is 12.5. The van der Waals surface area contributed by atoms with E-state index in [0.717, 1.165) is 6.42 Å². The van der Waals surface area contributed by atoms with Crippen molar-refractivity contribution in [2.45, 2.75) is 27.2 Å². The number of carboxylic acid groups (broad SMARTS) is 1. The molecule has 86 valence electrons. The van der Waals surface area contributed by atoms with E-state index in [1.165, 1.54) is 17.2 Å². The van der Waals surface area contributed by atoms with Crippen molar-refractivity contribution < 1.29 is 9.90 Å². The van der Waals surface area contributed by atoms with E-state index in [0.29, 0.717) is 0 Å². The lowest BCUT2D eigenvalue weighted by molar-refractivity contribution is -0.131. The van der Waals surface area contributed by atoms with E-state index in [9.17, 15) is 4.79 Å². The van der Waals surface area contributed by atoms with Gasteiger partial charge in [-0.25, -0.2) is 4.79 Å². The summed E-state index contributed by atoms with van der Waals surface area (Å²) in [5.74, 6) is -0.891. The van der Waals surface area contributed by atoms with E-state index in [1.807, 2.05) is 19.9 Å². The molecule has 0 radical (unpaired) electrons. The van der Waals surface area contributed by atoms with Crippen LogP contribution in [0.25, 0.3) is 0 Å². The number of carbonyl (C=O) groups is 1. The monoisotopic (exact) mass is 218 g/mol. The van der Waals surface area contributed by atoms with Crippen LogP contribution in [0.2, 0.25) is 0 Å². The minimum atomic E-state index is -0.891. The lowest BCUT2D eigenvalue weighted by Gasteiger charge is -2.20. The topological polar surface area (TPSA) is 37.3 Å². The van der Waals surface area contributed by atoms with Gasteiger partial charge in [0.25, 0.3) is 0 Å². The summed E-state index contributed by atoms with van der Waals surface area (Å²) in [7, 11) is 0. The molecule has 1 rings (SSSR count). The van der Waals surface area contributed by atoms with Gasteiger partial charge in [0.2, 0.25) is 0 Å². The van der Waals surface area contributed by atoms with Gasteiger partial charge >= 0.3 is 5.97 Å². The number of carboxylic acids is 1. The summed E-state index contributed by atoms with van der Waals surface area (Å²) >= 11 is 0. The smallest absolute Gasteiger partial charge is 0.327 e. The first-order valence-corrected chi connectivity index (χ1v) is 5.37. The molecule has 0 fully saturated rings. The first-order chi connectivity index (χ1) is 7.39. The Morgan fingerprint density at radius 1 is 1.44 bits per heavy atom. The Labute approximate surface area is 96.6 Å². The van der Waals surface area contributed by atoms with E-state index in [1.54, 1.807) is 6.08 Å². The van der Waals surface area contributed by atoms with Gasteiger partial charge < -0.3 is 5.11 Å². The second-order valence-corrected chi connectivity index (χ2v) is 4.83. The van der Waals surface area contributed by atoms with Gasteiger partial charge in [-0.2, -0.15) is 0 Å². The van der Waals surface area contributed by atoms with Crippen LogP contribution < -0.4 is 0 Å². The molecule has 0 aliphatic heterocycles. The van der Waals surface area contributed by atoms with E-state index in [-0.39, 0.29) is 5.41 Å². The third-order valence-corrected chi connectivity index (χ3v) is 2.42. The van der Waals surface area contributed by atoms with E-state index >= 15 is 0 Å². The molecule has 0 amide bonds. The summed E-state index contributed by atoms with van der Waals surface area (Å²) in [5, 5.41) is 8.60. The minimum absolute atomic E-state index is 0.133. The number of hydrogen-bond donors (Lipinski definition) is 1. The molecule has 0 unspecified atom stereocenters. The Kier molecular flexibility index (Phi) is 3.88. The van der Waals surface area contributed by atoms with Gasteiger partial charge in [-0.05, 0) is 24.3 Å². The number of rotatable bonds is 4. The van der Waals surface area contributed by atoms with Crippen LogP contribution in [0, 0.1) is 12.3 Å². The maximum atomic E-state index is 10.5. The molecular weight excluding hydrogens is 200 g/mol. The van der Waals surface area contributed by atoms with E-state index in [4.69, 9.17) is 5.11 Å². The molecular formula is C14H18O2. The normalized spacial score (nSPS) is 11.9. The Morgan fingerprint density at radius 2 is 2.12 bits per heavy atom. The SMILES string of the molecule is Cc1cccc(CC(C)(C)/C=C/C(=O)O)c1. The van der Waals surface area contributed by atoms with Crippen molar-refractivity contribution in [3.63, 3.8) is 0 Å². The minimum Gasteiger partial charge on any atom is -0.478 e. The number of benzene rings is 1. The lowest BCUT2D eigenvalue weighted by atomic mass is 9.85. The van der Waals surface area contributed by atoms with Crippen molar-refractivity contribution in [1.29, 1.82) is 0 Å². The zero-order valence-electron chi connectivity index (χ0n) is 10.0.